The van der Waals surface area contributed by atoms with Crippen molar-refractivity contribution in [3.63, 3.8) is 0 Å². The number of benzene rings is 1. The van der Waals surface area contributed by atoms with Crippen LogP contribution in [0.3, 0.4) is 0 Å². The van der Waals surface area contributed by atoms with E-state index in [2.05, 4.69) is 30.7 Å². The smallest absolute Gasteiger partial charge is 0.265 e. The maximum atomic E-state index is 13.9. The number of aromatic nitrogens is 4. The van der Waals surface area contributed by atoms with Crippen LogP contribution in [-0.2, 0) is 13.1 Å². The highest BCUT2D eigenvalue weighted by molar-refractivity contribution is 6.30. The second kappa shape index (κ2) is 7.21. The fourth-order valence-corrected chi connectivity index (χ4v) is 6.34. The predicted octanol–water partition coefficient (Wildman–Crippen LogP) is 4.29. The van der Waals surface area contributed by atoms with E-state index in [0.717, 1.165) is 48.8 Å². The summed E-state index contributed by atoms with van der Waals surface area (Å²) >= 11 is 6.28. The Bertz CT molecular complexity index is 1380. The van der Waals surface area contributed by atoms with E-state index in [-0.39, 0.29) is 17.8 Å². The number of fused-ring (bicyclic) bond motifs is 3. The van der Waals surface area contributed by atoms with Gasteiger partial charge in [-0.15, -0.1) is 10.2 Å². The average Bonchev–Trinajstić information content (AvgIpc) is 3.30. The van der Waals surface area contributed by atoms with Crippen LogP contribution in [0.4, 0.5) is 14.6 Å². The molecule has 3 aromatic rings. The number of rotatable bonds is 3. The summed E-state index contributed by atoms with van der Waals surface area (Å²) in [5, 5.41) is 18.7. The highest BCUT2D eigenvalue weighted by Crippen LogP contribution is 2.57. The standard InChI is InChI=1S/C25H22ClF2N7/c26-17-4-5-19-15(6-17)11-33(20-9-25(20,27)28)12-22-31-32-23(35(19)22)16-7-24(8-16)13-34(14-24)21-3-1-2-18(10-29)30-21/h1-6,16,20H,7-9,11-14H2. The third-order valence-electron chi connectivity index (χ3n) is 7.94. The lowest BCUT2D eigenvalue weighted by Gasteiger charge is -2.59. The van der Waals surface area contributed by atoms with Gasteiger partial charge in [0, 0.05) is 42.4 Å². The van der Waals surface area contributed by atoms with Crippen LogP contribution < -0.4 is 4.90 Å². The maximum absolute atomic E-state index is 13.9. The van der Waals surface area contributed by atoms with Gasteiger partial charge >= 0.3 is 0 Å². The van der Waals surface area contributed by atoms with Crippen LogP contribution in [0.15, 0.2) is 36.4 Å². The molecular weight excluding hydrogens is 472 g/mol. The molecule has 0 bridgehead atoms. The molecule has 4 heterocycles. The van der Waals surface area contributed by atoms with Gasteiger partial charge in [-0.2, -0.15) is 5.26 Å². The normalized spacial score (nSPS) is 24.1. The van der Waals surface area contributed by atoms with Gasteiger partial charge in [0.1, 0.15) is 23.4 Å². The Labute approximate surface area is 205 Å². The number of nitriles is 1. The third kappa shape index (κ3) is 3.34. The van der Waals surface area contributed by atoms with Crippen molar-refractivity contribution >= 4 is 17.4 Å². The molecule has 4 aliphatic rings. The van der Waals surface area contributed by atoms with Crippen LogP contribution in [-0.4, -0.2) is 49.7 Å². The Morgan fingerprint density at radius 3 is 2.60 bits per heavy atom. The molecule has 178 valence electrons. The Morgan fingerprint density at radius 1 is 1.06 bits per heavy atom. The summed E-state index contributed by atoms with van der Waals surface area (Å²) in [6.07, 6.45) is 1.87. The van der Waals surface area contributed by atoms with Crippen LogP contribution in [0.5, 0.6) is 0 Å². The SMILES string of the molecule is N#Cc1cccc(N2CC3(CC(c4nnc5n4-c4ccc(Cl)cc4CN(C4CC4(F)F)C5)C3)C2)n1. The molecule has 1 atom stereocenters. The van der Waals surface area contributed by atoms with E-state index in [9.17, 15) is 8.78 Å². The largest absolute Gasteiger partial charge is 0.355 e. The molecule has 2 aliphatic carbocycles. The van der Waals surface area contributed by atoms with Gasteiger partial charge in [0.05, 0.1) is 18.3 Å². The van der Waals surface area contributed by atoms with Gasteiger partial charge in [0.25, 0.3) is 5.92 Å². The summed E-state index contributed by atoms with van der Waals surface area (Å²) in [5.74, 6) is 0.0695. The fourth-order valence-electron chi connectivity index (χ4n) is 6.14. The Balaban J connectivity index is 1.14. The van der Waals surface area contributed by atoms with Crippen molar-refractivity contribution in [3.8, 4) is 11.8 Å². The number of nitrogens with zero attached hydrogens (tertiary/aromatic N) is 7. The molecule has 0 radical (unpaired) electrons. The van der Waals surface area contributed by atoms with E-state index < -0.39 is 12.0 Å². The summed E-state index contributed by atoms with van der Waals surface area (Å²) in [6.45, 7) is 2.57. The Hall–Kier alpha value is -3.09. The number of hydrogen-bond acceptors (Lipinski definition) is 6. The minimum atomic E-state index is -2.64. The zero-order chi connectivity index (χ0) is 23.9. The van der Waals surface area contributed by atoms with Crippen molar-refractivity contribution in [2.45, 2.75) is 50.2 Å². The zero-order valence-electron chi connectivity index (χ0n) is 18.8. The quantitative estimate of drug-likeness (QED) is 0.542. The molecule has 2 aromatic heterocycles. The average molecular weight is 494 g/mol. The second-order valence-electron chi connectivity index (χ2n) is 10.4. The lowest BCUT2D eigenvalue weighted by molar-refractivity contribution is 0.0580. The van der Waals surface area contributed by atoms with Crippen molar-refractivity contribution in [3.05, 3.63) is 64.3 Å². The number of hydrogen-bond donors (Lipinski definition) is 0. The molecule has 2 aliphatic heterocycles. The first-order chi connectivity index (χ1) is 16.8. The van der Waals surface area contributed by atoms with Crippen LogP contribution in [0, 0.1) is 16.7 Å². The molecule has 35 heavy (non-hydrogen) atoms. The molecule has 10 heteroatoms. The van der Waals surface area contributed by atoms with E-state index in [1.54, 1.807) is 11.0 Å². The van der Waals surface area contributed by atoms with Gasteiger partial charge < -0.3 is 4.90 Å². The number of anilines is 1. The molecule has 1 aromatic carbocycles. The van der Waals surface area contributed by atoms with Crippen molar-refractivity contribution in [1.82, 2.24) is 24.6 Å². The molecule has 0 N–H and O–H groups in total. The molecule has 3 fully saturated rings. The van der Waals surface area contributed by atoms with Crippen molar-refractivity contribution in [2.24, 2.45) is 5.41 Å². The highest BCUT2D eigenvalue weighted by Gasteiger charge is 2.60. The van der Waals surface area contributed by atoms with E-state index in [4.69, 9.17) is 16.9 Å². The molecule has 1 unspecified atom stereocenters. The molecule has 1 spiro atoms. The van der Waals surface area contributed by atoms with E-state index >= 15 is 0 Å². The minimum Gasteiger partial charge on any atom is -0.355 e. The Kier molecular flexibility index (Phi) is 4.37. The summed E-state index contributed by atoms with van der Waals surface area (Å²) in [4.78, 5) is 8.43. The van der Waals surface area contributed by atoms with E-state index in [0.29, 0.717) is 29.6 Å². The molecule has 7 rings (SSSR count). The first kappa shape index (κ1) is 21.2. The monoisotopic (exact) mass is 493 g/mol. The number of halogens is 3. The summed E-state index contributed by atoms with van der Waals surface area (Å²) in [5.41, 5.74) is 2.51. The lowest BCUT2D eigenvalue weighted by Crippen LogP contribution is -2.62. The van der Waals surface area contributed by atoms with Crippen LogP contribution >= 0.6 is 11.6 Å². The molecular formula is C25H22ClF2N7. The number of alkyl halides is 2. The van der Waals surface area contributed by atoms with Gasteiger partial charge in [-0.3, -0.25) is 9.47 Å². The second-order valence-corrected chi connectivity index (χ2v) is 10.9. The van der Waals surface area contributed by atoms with Gasteiger partial charge in [-0.25, -0.2) is 13.8 Å². The summed E-state index contributed by atoms with van der Waals surface area (Å²) in [7, 11) is 0. The minimum absolute atomic E-state index is 0.113. The van der Waals surface area contributed by atoms with Crippen LogP contribution in [0.2, 0.25) is 5.02 Å². The van der Waals surface area contributed by atoms with Gasteiger partial charge in [0.2, 0.25) is 0 Å². The van der Waals surface area contributed by atoms with E-state index in [1.165, 1.54) is 0 Å². The highest BCUT2D eigenvalue weighted by atomic mass is 35.5. The van der Waals surface area contributed by atoms with Gasteiger partial charge in [0.15, 0.2) is 5.82 Å². The van der Waals surface area contributed by atoms with E-state index in [1.807, 2.05) is 30.3 Å². The van der Waals surface area contributed by atoms with Crippen molar-refractivity contribution in [2.75, 3.05) is 18.0 Å². The lowest BCUT2D eigenvalue weighted by atomic mass is 9.57. The summed E-state index contributed by atoms with van der Waals surface area (Å²) in [6, 6.07) is 12.5. The first-order valence-corrected chi connectivity index (χ1v) is 12.2. The van der Waals surface area contributed by atoms with Gasteiger partial charge in [-0.1, -0.05) is 17.7 Å². The summed E-state index contributed by atoms with van der Waals surface area (Å²) < 4.78 is 30.0. The topological polar surface area (TPSA) is 73.9 Å². The maximum Gasteiger partial charge on any atom is 0.265 e. The fraction of sp³-hybridized carbons (Fsp3) is 0.440. The Morgan fingerprint density at radius 2 is 1.86 bits per heavy atom. The molecule has 2 saturated carbocycles. The van der Waals surface area contributed by atoms with Crippen molar-refractivity contribution < 1.29 is 8.78 Å². The third-order valence-corrected chi connectivity index (χ3v) is 8.17. The van der Waals surface area contributed by atoms with Gasteiger partial charge in [-0.05, 0) is 48.7 Å². The van der Waals surface area contributed by atoms with Crippen molar-refractivity contribution in [1.29, 1.82) is 5.26 Å². The molecule has 0 amide bonds. The molecule has 1 saturated heterocycles. The predicted molar refractivity (Wildman–Crippen MR) is 125 cm³/mol. The zero-order valence-corrected chi connectivity index (χ0v) is 19.6. The van der Waals surface area contributed by atoms with Crippen LogP contribution in [0.25, 0.3) is 5.69 Å². The first-order valence-electron chi connectivity index (χ1n) is 11.8. The van der Waals surface area contributed by atoms with Crippen LogP contribution in [0.1, 0.15) is 48.1 Å². The molecule has 7 nitrogen and oxygen atoms in total. The number of pyridine rings is 1.